The lowest BCUT2D eigenvalue weighted by molar-refractivity contribution is -0.144. The fourth-order valence-electron chi connectivity index (χ4n) is 2.92. The predicted octanol–water partition coefficient (Wildman–Crippen LogP) is 2.86. The van der Waals surface area contributed by atoms with Crippen molar-refractivity contribution in [2.24, 2.45) is 0 Å². The molecule has 1 aromatic carbocycles. The fourth-order valence-corrected chi connectivity index (χ4v) is 3.73. The molecule has 0 atom stereocenters. The summed E-state index contributed by atoms with van der Waals surface area (Å²) in [6, 6.07) is 9.91. The number of carboxylic acid groups (broad SMARTS) is 1. The van der Waals surface area contributed by atoms with Gasteiger partial charge >= 0.3 is 5.97 Å². The van der Waals surface area contributed by atoms with E-state index in [2.05, 4.69) is 10.3 Å². The summed E-state index contributed by atoms with van der Waals surface area (Å²) in [6.45, 7) is 0. The van der Waals surface area contributed by atoms with Gasteiger partial charge in [0.25, 0.3) is 5.91 Å². The highest BCUT2D eigenvalue weighted by molar-refractivity contribution is 7.09. The lowest BCUT2D eigenvalue weighted by Gasteiger charge is -2.24. The van der Waals surface area contributed by atoms with E-state index in [1.54, 1.807) is 5.38 Å². The number of carbonyl (C=O) groups is 2. The van der Waals surface area contributed by atoms with Crippen LogP contribution in [-0.4, -0.2) is 27.5 Å². The average molecular weight is 330 g/mol. The molecule has 0 bridgehead atoms. The minimum Gasteiger partial charge on any atom is -0.480 e. The van der Waals surface area contributed by atoms with Crippen LogP contribution in [0.2, 0.25) is 0 Å². The Bertz CT molecular complexity index is 706. The van der Waals surface area contributed by atoms with Gasteiger partial charge < -0.3 is 10.4 Å². The molecule has 1 amide bonds. The maximum atomic E-state index is 12.3. The standard InChI is InChI=1S/C17H18N2O3S/c20-15(19-17(16(21)22)8-4-5-9-17)13-11-23-14(18-13)10-12-6-2-1-3-7-12/h1-3,6-7,11H,4-5,8-10H2,(H,19,20)(H,21,22). The number of aliphatic carboxylic acids is 1. The molecule has 23 heavy (non-hydrogen) atoms. The third-order valence-electron chi connectivity index (χ3n) is 4.20. The van der Waals surface area contributed by atoms with Crippen molar-refractivity contribution in [3.63, 3.8) is 0 Å². The van der Waals surface area contributed by atoms with E-state index in [9.17, 15) is 14.7 Å². The Morgan fingerprint density at radius 1 is 1.22 bits per heavy atom. The Kier molecular flexibility index (Phi) is 4.43. The van der Waals surface area contributed by atoms with Crippen molar-refractivity contribution in [3.05, 3.63) is 52.0 Å². The molecule has 2 aromatic rings. The van der Waals surface area contributed by atoms with Crippen molar-refractivity contribution in [1.29, 1.82) is 0 Å². The molecule has 1 fully saturated rings. The largest absolute Gasteiger partial charge is 0.480 e. The zero-order chi connectivity index (χ0) is 16.3. The summed E-state index contributed by atoms with van der Waals surface area (Å²) < 4.78 is 0. The van der Waals surface area contributed by atoms with Gasteiger partial charge in [-0.2, -0.15) is 0 Å². The van der Waals surface area contributed by atoms with Gasteiger partial charge in [-0.15, -0.1) is 11.3 Å². The SMILES string of the molecule is O=C(NC1(C(=O)O)CCCC1)c1csc(Cc2ccccc2)n1. The molecule has 6 heteroatoms. The maximum Gasteiger partial charge on any atom is 0.329 e. The van der Waals surface area contributed by atoms with Crippen LogP contribution in [0.25, 0.3) is 0 Å². The van der Waals surface area contributed by atoms with Gasteiger partial charge in [-0.25, -0.2) is 9.78 Å². The lowest BCUT2D eigenvalue weighted by Crippen LogP contribution is -2.52. The summed E-state index contributed by atoms with van der Waals surface area (Å²) in [7, 11) is 0. The molecule has 2 N–H and O–H groups in total. The average Bonchev–Trinajstić information content (AvgIpc) is 3.18. The Balaban J connectivity index is 1.70. The van der Waals surface area contributed by atoms with Gasteiger partial charge in [-0.05, 0) is 18.4 Å². The Labute approximate surface area is 138 Å². The quantitative estimate of drug-likeness (QED) is 0.883. The van der Waals surface area contributed by atoms with Crippen molar-refractivity contribution in [2.75, 3.05) is 0 Å². The first-order chi connectivity index (χ1) is 11.1. The molecular formula is C17H18N2O3S. The number of carboxylic acids is 1. The third-order valence-corrected chi connectivity index (χ3v) is 5.05. The zero-order valence-electron chi connectivity index (χ0n) is 12.6. The molecule has 120 valence electrons. The van der Waals surface area contributed by atoms with Crippen LogP contribution in [0.4, 0.5) is 0 Å². The monoisotopic (exact) mass is 330 g/mol. The van der Waals surface area contributed by atoms with Crippen molar-refractivity contribution in [1.82, 2.24) is 10.3 Å². The molecule has 1 aliphatic rings. The molecule has 1 heterocycles. The molecule has 1 aromatic heterocycles. The van der Waals surface area contributed by atoms with Crippen LogP contribution < -0.4 is 5.32 Å². The predicted molar refractivity (Wildman–Crippen MR) is 87.7 cm³/mol. The van der Waals surface area contributed by atoms with Gasteiger partial charge in [-0.1, -0.05) is 43.2 Å². The molecule has 0 saturated heterocycles. The fraction of sp³-hybridized carbons (Fsp3) is 0.353. The van der Waals surface area contributed by atoms with Crippen LogP contribution in [0.5, 0.6) is 0 Å². The first-order valence-electron chi connectivity index (χ1n) is 7.63. The van der Waals surface area contributed by atoms with Crippen molar-refractivity contribution >= 4 is 23.2 Å². The van der Waals surface area contributed by atoms with E-state index in [4.69, 9.17) is 0 Å². The summed E-state index contributed by atoms with van der Waals surface area (Å²) >= 11 is 1.42. The minimum absolute atomic E-state index is 0.299. The summed E-state index contributed by atoms with van der Waals surface area (Å²) in [6.07, 6.45) is 3.28. The molecule has 0 radical (unpaired) electrons. The number of aromatic nitrogens is 1. The van der Waals surface area contributed by atoms with Crippen molar-refractivity contribution < 1.29 is 14.7 Å². The smallest absolute Gasteiger partial charge is 0.329 e. The van der Waals surface area contributed by atoms with Crippen LogP contribution in [0, 0.1) is 0 Å². The number of benzene rings is 1. The van der Waals surface area contributed by atoms with E-state index in [1.165, 1.54) is 11.3 Å². The number of thiazole rings is 1. The summed E-state index contributed by atoms with van der Waals surface area (Å²) in [5.41, 5.74) is 0.306. The number of carbonyl (C=O) groups excluding carboxylic acids is 1. The van der Waals surface area contributed by atoms with Crippen LogP contribution in [0.15, 0.2) is 35.7 Å². The molecular weight excluding hydrogens is 312 g/mol. The molecule has 1 saturated carbocycles. The van der Waals surface area contributed by atoms with Gasteiger partial charge in [0.1, 0.15) is 11.2 Å². The highest BCUT2D eigenvalue weighted by atomic mass is 32.1. The highest BCUT2D eigenvalue weighted by Crippen LogP contribution is 2.30. The third kappa shape index (κ3) is 3.42. The zero-order valence-corrected chi connectivity index (χ0v) is 13.4. The first-order valence-corrected chi connectivity index (χ1v) is 8.51. The van der Waals surface area contributed by atoms with Crippen molar-refractivity contribution in [3.8, 4) is 0 Å². The summed E-state index contributed by atoms with van der Waals surface area (Å²) in [5.74, 6) is -1.35. The van der Waals surface area contributed by atoms with Gasteiger partial charge in [-0.3, -0.25) is 4.79 Å². The molecule has 0 aliphatic heterocycles. The minimum atomic E-state index is -1.12. The van der Waals surface area contributed by atoms with E-state index in [1.807, 2.05) is 30.3 Å². The first kappa shape index (κ1) is 15.7. The number of rotatable bonds is 5. The van der Waals surface area contributed by atoms with Crippen LogP contribution in [-0.2, 0) is 11.2 Å². The van der Waals surface area contributed by atoms with Gasteiger partial charge in [0.15, 0.2) is 0 Å². The summed E-state index contributed by atoms with van der Waals surface area (Å²) in [4.78, 5) is 28.2. The normalized spacial score (nSPS) is 16.2. The second kappa shape index (κ2) is 6.50. The van der Waals surface area contributed by atoms with Gasteiger partial charge in [0.05, 0.1) is 5.01 Å². The van der Waals surface area contributed by atoms with E-state index < -0.39 is 17.4 Å². The lowest BCUT2D eigenvalue weighted by atomic mass is 9.98. The Morgan fingerprint density at radius 2 is 1.91 bits per heavy atom. The Morgan fingerprint density at radius 3 is 2.57 bits per heavy atom. The van der Waals surface area contributed by atoms with E-state index in [-0.39, 0.29) is 0 Å². The second-order valence-corrected chi connectivity index (χ2v) is 6.78. The molecule has 1 aliphatic carbocycles. The van der Waals surface area contributed by atoms with Crippen LogP contribution in [0.1, 0.15) is 46.7 Å². The highest BCUT2D eigenvalue weighted by Gasteiger charge is 2.43. The number of nitrogens with one attached hydrogen (secondary N) is 1. The molecule has 5 nitrogen and oxygen atoms in total. The number of amides is 1. The van der Waals surface area contributed by atoms with E-state index in [0.29, 0.717) is 25.0 Å². The molecule has 3 rings (SSSR count). The van der Waals surface area contributed by atoms with Gasteiger partial charge in [0, 0.05) is 11.8 Å². The molecule has 0 unspecified atom stereocenters. The summed E-state index contributed by atoms with van der Waals surface area (Å²) in [5, 5.41) is 14.7. The van der Waals surface area contributed by atoms with Crippen LogP contribution >= 0.6 is 11.3 Å². The Hall–Kier alpha value is -2.21. The van der Waals surface area contributed by atoms with Crippen molar-refractivity contribution in [2.45, 2.75) is 37.6 Å². The number of nitrogens with zero attached hydrogens (tertiary/aromatic N) is 1. The second-order valence-electron chi connectivity index (χ2n) is 5.84. The molecule has 0 spiro atoms. The van der Waals surface area contributed by atoms with Gasteiger partial charge in [0.2, 0.25) is 0 Å². The van der Waals surface area contributed by atoms with E-state index in [0.717, 1.165) is 23.4 Å². The number of hydrogen-bond donors (Lipinski definition) is 2. The van der Waals surface area contributed by atoms with Crippen LogP contribution in [0.3, 0.4) is 0 Å². The number of hydrogen-bond acceptors (Lipinski definition) is 4. The van der Waals surface area contributed by atoms with E-state index >= 15 is 0 Å². The maximum absolute atomic E-state index is 12.3. The topological polar surface area (TPSA) is 79.3 Å².